The zero-order chi connectivity index (χ0) is 20.4. The maximum Gasteiger partial charge on any atom is 0.164 e. The van der Waals surface area contributed by atoms with Gasteiger partial charge in [0.15, 0.2) is 11.5 Å². The van der Waals surface area contributed by atoms with E-state index in [1.54, 1.807) is 37.6 Å². The Hall–Kier alpha value is -3.39. The van der Waals surface area contributed by atoms with Crippen LogP contribution in [-0.4, -0.2) is 27.0 Å². The minimum absolute atomic E-state index is 0.252. The fraction of sp³-hybridized carbons (Fsp3) is 0.150. The molecular formula is C20H17ClFN5O2. The van der Waals surface area contributed by atoms with E-state index in [-0.39, 0.29) is 12.3 Å². The van der Waals surface area contributed by atoms with E-state index in [0.717, 1.165) is 5.69 Å². The van der Waals surface area contributed by atoms with E-state index in [9.17, 15) is 4.39 Å². The molecule has 2 aromatic heterocycles. The van der Waals surface area contributed by atoms with E-state index in [2.05, 4.69) is 25.3 Å². The van der Waals surface area contributed by atoms with Crippen LogP contribution in [0, 0.1) is 12.7 Å². The summed E-state index contributed by atoms with van der Waals surface area (Å²) in [5.41, 5.74) is 1.82. The molecule has 0 aliphatic rings. The molecule has 4 aromatic rings. The lowest BCUT2D eigenvalue weighted by molar-refractivity contribution is 0.278. The van der Waals surface area contributed by atoms with Gasteiger partial charge in [0.2, 0.25) is 0 Å². The summed E-state index contributed by atoms with van der Waals surface area (Å²) in [6, 6.07) is 7.87. The number of nitrogens with one attached hydrogen (secondary N) is 2. The highest BCUT2D eigenvalue weighted by molar-refractivity contribution is 6.30. The Morgan fingerprint density at radius 1 is 1.14 bits per heavy atom. The number of ether oxygens (including phenoxy) is 2. The fourth-order valence-electron chi connectivity index (χ4n) is 2.84. The summed E-state index contributed by atoms with van der Waals surface area (Å²) in [5, 5.41) is 3.95. The van der Waals surface area contributed by atoms with Crippen molar-refractivity contribution in [3.05, 3.63) is 65.2 Å². The summed E-state index contributed by atoms with van der Waals surface area (Å²) < 4.78 is 25.5. The van der Waals surface area contributed by atoms with Crippen LogP contribution in [-0.2, 0) is 6.61 Å². The highest BCUT2D eigenvalue weighted by atomic mass is 35.5. The Bertz CT molecular complexity index is 1180. The maximum absolute atomic E-state index is 14.2. The molecule has 0 atom stereocenters. The van der Waals surface area contributed by atoms with Gasteiger partial charge in [-0.05, 0) is 31.2 Å². The molecule has 0 bridgehead atoms. The number of aryl methyl sites for hydroxylation is 1. The van der Waals surface area contributed by atoms with E-state index in [4.69, 9.17) is 21.1 Å². The van der Waals surface area contributed by atoms with Crippen molar-refractivity contribution < 1.29 is 13.9 Å². The number of hydrogen-bond donors (Lipinski definition) is 2. The molecule has 2 heterocycles. The Morgan fingerprint density at radius 2 is 2.00 bits per heavy atom. The standard InChI is InChI=1S/C20H17ClFN5O2/c1-11-8-23-19(26-11)9-29-18-7-16-13(6-17(18)28-2)20(25-10-24-16)27-15-4-3-12(21)5-14(15)22/h3-8,10H,9H2,1-2H3,(H,23,26)(H,24,25,27). The number of benzene rings is 2. The maximum atomic E-state index is 14.2. The predicted molar refractivity (Wildman–Crippen MR) is 108 cm³/mol. The van der Waals surface area contributed by atoms with Gasteiger partial charge < -0.3 is 19.8 Å². The molecule has 0 unspecified atom stereocenters. The van der Waals surface area contributed by atoms with E-state index in [1.165, 1.54) is 12.4 Å². The summed E-state index contributed by atoms with van der Waals surface area (Å²) in [6.07, 6.45) is 3.13. The summed E-state index contributed by atoms with van der Waals surface area (Å²) in [4.78, 5) is 15.9. The van der Waals surface area contributed by atoms with Crippen LogP contribution in [0.15, 0.2) is 42.9 Å². The van der Waals surface area contributed by atoms with Crippen LogP contribution in [0.4, 0.5) is 15.9 Å². The van der Waals surface area contributed by atoms with E-state index in [0.29, 0.717) is 39.1 Å². The molecular weight excluding hydrogens is 397 g/mol. The van der Waals surface area contributed by atoms with Crippen molar-refractivity contribution in [2.24, 2.45) is 0 Å². The Labute approximate surface area is 170 Å². The molecule has 4 rings (SSSR count). The number of aromatic nitrogens is 4. The van der Waals surface area contributed by atoms with Crippen LogP contribution in [0.2, 0.25) is 5.02 Å². The number of aromatic amines is 1. The van der Waals surface area contributed by atoms with Gasteiger partial charge in [0, 0.05) is 28.4 Å². The molecule has 0 radical (unpaired) electrons. The largest absolute Gasteiger partial charge is 0.493 e. The molecule has 0 saturated heterocycles. The van der Waals surface area contributed by atoms with Crippen molar-refractivity contribution in [1.82, 2.24) is 19.9 Å². The SMILES string of the molecule is COc1cc2c(Nc3ccc(Cl)cc3F)ncnc2cc1OCc1ncc(C)[nH]1. The van der Waals surface area contributed by atoms with Gasteiger partial charge in [0.1, 0.15) is 30.4 Å². The van der Waals surface area contributed by atoms with Gasteiger partial charge in [-0.3, -0.25) is 0 Å². The molecule has 0 spiro atoms. The second kappa shape index (κ2) is 7.92. The normalized spacial score (nSPS) is 10.9. The van der Waals surface area contributed by atoms with Gasteiger partial charge in [-0.25, -0.2) is 19.3 Å². The number of fused-ring (bicyclic) bond motifs is 1. The molecule has 9 heteroatoms. The summed E-state index contributed by atoms with van der Waals surface area (Å²) >= 11 is 5.82. The molecule has 0 aliphatic carbocycles. The minimum Gasteiger partial charge on any atom is -0.493 e. The predicted octanol–water partition coefficient (Wildman–Crippen LogP) is 4.79. The highest BCUT2D eigenvalue weighted by Crippen LogP contribution is 2.35. The average molecular weight is 414 g/mol. The quantitative estimate of drug-likeness (QED) is 0.473. The summed E-state index contributed by atoms with van der Waals surface area (Å²) in [5.74, 6) is 1.66. The molecule has 0 amide bonds. The van der Waals surface area contributed by atoms with Gasteiger partial charge in [-0.15, -0.1) is 0 Å². The van der Waals surface area contributed by atoms with Crippen LogP contribution in [0.5, 0.6) is 11.5 Å². The number of H-pyrrole nitrogens is 1. The monoisotopic (exact) mass is 413 g/mol. The number of rotatable bonds is 6. The van der Waals surface area contributed by atoms with Crippen molar-refractivity contribution >= 4 is 34.0 Å². The fourth-order valence-corrected chi connectivity index (χ4v) is 3.00. The van der Waals surface area contributed by atoms with Crippen molar-refractivity contribution in [3.8, 4) is 11.5 Å². The average Bonchev–Trinajstić information content (AvgIpc) is 3.13. The molecule has 0 fully saturated rings. The topological polar surface area (TPSA) is 84.9 Å². The first-order valence-corrected chi connectivity index (χ1v) is 9.09. The van der Waals surface area contributed by atoms with Crippen molar-refractivity contribution in [1.29, 1.82) is 0 Å². The number of nitrogens with zero attached hydrogens (tertiary/aromatic N) is 3. The van der Waals surface area contributed by atoms with Gasteiger partial charge in [-0.1, -0.05) is 11.6 Å². The molecule has 0 aliphatic heterocycles. The Balaban J connectivity index is 1.67. The third-order valence-corrected chi connectivity index (χ3v) is 4.46. The Kier molecular flexibility index (Phi) is 5.18. The Morgan fingerprint density at radius 3 is 2.72 bits per heavy atom. The molecule has 29 heavy (non-hydrogen) atoms. The number of methoxy groups -OCH3 is 1. The van der Waals surface area contributed by atoms with Crippen molar-refractivity contribution in [2.45, 2.75) is 13.5 Å². The third-order valence-electron chi connectivity index (χ3n) is 4.22. The van der Waals surface area contributed by atoms with Gasteiger partial charge in [0.05, 0.1) is 18.3 Å². The molecule has 2 aromatic carbocycles. The molecule has 148 valence electrons. The number of halogens is 2. The summed E-state index contributed by atoms with van der Waals surface area (Å²) in [6.45, 7) is 2.17. The highest BCUT2D eigenvalue weighted by Gasteiger charge is 2.14. The van der Waals surface area contributed by atoms with Crippen molar-refractivity contribution in [3.63, 3.8) is 0 Å². The lowest BCUT2D eigenvalue weighted by Gasteiger charge is -2.13. The van der Waals surface area contributed by atoms with Crippen LogP contribution in [0.25, 0.3) is 10.9 Å². The third kappa shape index (κ3) is 4.07. The smallest absolute Gasteiger partial charge is 0.164 e. The number of imidazole rings is 1. The summed E-state index contributed by atoms with van der Waals surface area (Å²) in [7, 11) is 1.54. The number of anilines is 2. The van der Waals surface area contributed by atoms with E-state index < -0.39 is 5.82 Å². The van der Waals surface area contributed by atoms with Crippen LogP contribution >= 0.6 is 11.6 Å². The first kappa shape index (κ1) is 18.9. The van der Waals surface area contributed by atoms with Crippen molar-refractivity contribution in [2.75, 3.05) is 12.4 Å². The second-order valence-electron chi connectivity index (χ2n) is 6.29. The zero-order valence-corrected chi connectivity index (χ0v) is 16.4. The minimum atomic E-state index is -0.482. The van der Waals surface area contributed by atoms with E-state index in [1.807, 2.05) is 6.92 Å². The first-order chi connectivity index (χ1) is 14.0. The zero-order valence-electron chi connectivity index (χ0n) is 15.7. The molecule has 7 nitrogen and oxygen atoms in total. The lowest BCUT2D eigenvalue weighted by Crippen LogP contribution is -2.02. The second-order valence-corrected chi connectivity index (χ2v) is 6.73. The van der Waals surface area contributed by atoms with Crippen LogP contribution < -0.4 is 14.8 Å². The number of hydrogen-bond acceptors (Lipinski definition) is 6. The van der Waals surface area contributed by atoms with Gasteiger partial charge >= 0.3 is 0 Å². The van der Waals surface area contributed by atoms with Crippen LogP contribution in [0.1, 0.15) is 11.5 Å². The first-order valence-electron chi connectivity index (χ1n) is 8.71. The molecule has 2 N–H and O–H groups in total. The van der Waals surface area contributed by atoms with Gasteiger partial charge in [0.25, 0.3) is 0 Å². The lowest BCUT2D eigenvalue weighted by atomic mass is 10.2. The van der Waals surface area contributed by atoms with Gasteiger partial charge in [-0.2, -0.15) is 0 Å². The van der Waals surface area contributed by atoms with Crippen LogP contribution in [0.3, 0.4) is 0 Å². The van der Waals surface area contributed by atoms with E-state index >= 15 is 0 Å². The molecule has 0 saturated carbocycles.